The Labute approximate surface area is 93.7 Å². The summed E-state index contributed by atoms with van der Waals surface area (Å²) in [5.74, 6) is 1.29. The Morgan fingerprint density at radius 2 is 1.69 bits per heavy atom. The maximum Gasteiger partial charge on any atom is 0.129 e. The molecule has 0 aliphatic carbocycles. The minimum atomic E-state index is 0.571. The van der Waals surface area contributed by atoms with Crippen LogP contribution in [-0.4, -0.2) is 0 Å². The van der Waals surface area contributed by atoms with E-state index in [4.69, 9.17) is 15.7 Å². The van der Waals surface area contributed by atoms with Crippen LogP contribution in [0.5, 0.6) is 11.5 Å². The Morgan fingerprint density at radius 1 is 1.00 bits per heavy atom. The largest absolute Gasteiger partial charge is 0.457 e. The van der Waals surface area contributed by atoms with E-state index in [0.717, 1.165) is 0 Å². The van der Waals surface area contributed by atoms with Gasteiger partial charge in [0, 0.05) is 11.8 Å². The fraction of sp³-hybridized carbons (Fsp3) is 0. The number of hydrogen-bond acceptors (Lipinski definition) is 3. The Hall–Kier alpha value is -2.47. The summed E-state index contributed by atoms with van der Waals surface area (Å²) in [6, 6.07) is 16.2. The first-order valence-electron chi connectivity index (χ1n) is 4.81. The van der Waals surface area contributed by atoms with E-state index < -0.39 is 0 Å². The van der Waals surface area contributed by atoms with Gasteiger partial charge in [0.15, 0.2) is 0 Å². The molecule has 0 radical (unpaired) electrons. The van der Waals surface area contributed by atoms with Gasteiger partial charge in [-0.1, -0.05) is 12.1 Å². The van der Waals surface area contributed by atoms with Crippen LogP contribution in [0.15, 0.2) is 48.5 Å². The van der Waals surface area contributed by atoms with Crippen molar-refractivity contribution in [1.29, 1.82) is 5.26 Å². The molecular formula is C13H10N2O. The summed E-state index contributed by atoms with van der Waals surface area (Å²) in [6.07, 6.45) is 0. The van der Waals surface area contributed by atoms with Crippen LogP contribution in [0.1, 0.15) is 5.56 Å². The molecule has 0 aliphatic heterocycles. The number of benzene rings is 2. The number of hydrogen-bond donors (Lipinski definition) is 1. The summed E-state index contributed by atoms with van der Waals surface area (Å²) < 4.78 is 5.57. The zero-order chi connectivity index (χ0) is 11.4. The molecule has 0 fully saturated rings. The molecule has 2 aromatic carbocycles. The van der Waals surface area contributed by atoms with Crippen molar-refractivity contribution in [3.8, 4) is 17.6 Å². The van der Waals surface area contributed by atoms with Crippen molar-refractivity contribution >= 4 is 5.69 Å². The van der Waals surface area contributed by atoms with Crippen LogP contribution >= 0.6 is 0 Å². The maximum atomic E-state index is 8.75. The van der Waals surface area contributed by atoms with Crippen molar-refractivity contribution in [1.82, 2.24) is 0 Å². The van der Waals surface area contributed by atoms with Gasteiger partial charge in [-0.15, -0.1) is 0 Å². The molecule has 2 N–H and O–H groups in total. The number of nitrogens with two attached hydrogens (primary N) is 1. The average molecular weight is 210 g/mol. The number of ether oxygens (including phenoxy) is 1. The second-order valence-electron chi connectivity index (χ2n) is 3.31. The van der Waals surface area contributed by atoms with Gasteiger partial charge in [0.05, 0.1) is 11.6 Å². The highest BCUT2D eigenvalue weighted by Gasteiger charge is 1.98. The number of nitrogen functional groups attached to an aromatic ring is 1. The van der Waals surface area contributed by atoms with Crippen LogP contribution in [0.25, 0.3) is 0 Å². The maximum absolute atomic E-state index is 8.75. The zero-order valence-corrected chi connectivity index (χ0v) is 8.55. The van der Waals surface area contributed by atoms with Gasteiger partial charge in [-0.05, 0) is 30.3 Å². The Balaban J connectivity index is 2.24. The minimum Gasteiger partial charge on any atom is -0.457 e. The fourth-order valence-electron chi connectivity index (χ4n) is 1.34. The average Bonchev–Trinajstić information content (AvgIpc) is 2.29. The van der Waals surface area contributed by atoms with Crippen LogP contribution in [0, 0.1) is 11.3 Å². The molecule has 0 aliphatic rings. The third-order valence-corrected chi connectivity index (χ3v) is 2.06. The van der Waals surface area contributed by atoms with Crippen LogP contribution in [0.4, 0.5) is 5.69 Å². The van der Waals surface area contributed by atoms with E-state index in [9.17, 15) is 0 Å². The van der Waals surface area contributed by atoms with Gasteiger partial charge >= 0.3 is 0 Å². The molecule has 0 amide bonds. The second kappa shape index (κ2) is 4.37. The first-order valence-corrected chi connectivity index (χ1v) is 4.81. The predicted molar refractivity (Wildman–Crippen MR) is 62.1 cm³/mol. The SMILES string of the molecule is N#Cc1cccc(Oc2cccc(N)c2)c1. The van der Waals surface area contributed by atoms with Crippen molar-refractivity contribution in [2.75, 3.05) is 5.73 Å². The molecule has 3 nitrogen and oxygen atoms in total. The third-order valence-electron chi connectivity index (χ3n) is 2.06. The third kappa shape index (κ3) is 2.31. The Kier molecular flexibility index (Phi) is 2.75. The molecule has 2 aromatic rings. The normalized spacial score (nSPS) is 9.44. The first-order chi connectivity index (χ1) is 7.78. The van der Waals surface area contributed by atoms with Gasteiger partial charge in [-0.2, -0.15) is 5.26 Å². The van der Waals surface area contributed by atoms with E-state index in [0.29, 0.717) is 22.7 Å². The van der Waals surface area contributed by atoms with E-state index in [1.807, 2.05) is 12.1 Å². The molecule has 0 saturated carbocycles. The fourth-order valence-corrected chi connectivity index (χ4v) is 1.34. The molecule has 16 heavy (non-hydrogen) atoms. The lowest BCUT2D eigenvalue weighted by Crippen LogP contribution is -1.88. The number of nitrogens with zero attached hydrogens (tertiary/aromatic N) is 1. The number of nitriles is 1. The predicted octanol–water partition coefficient (Wildman–Crippen LogP) is 2.93. The standard InChI is InChI=1S/C13H10N2O/c14-9-10-3-1-5-12(7-10)16-13-6-2-4-11(15)8-13/h1-8H,15H2. The molecule has 0 atom stereocenters. The van der Waals surface area contributed by atoms with Crippen LogP contribution in [-0.2, 0) is 0 Å². The monoisotopic (exact) mass is 210 g/mol. The Morgan fingerprint density at radius 3 is 2.38 bits per heavy atom. The van der Waals surface area contributed by atoms with Gasteiger partial charge < -0.3 is 10.5 Å². The lowest BCUT2D eigenvalue weighted by atomic mass is 10.2. The number of anilines is 1. The van der Waals surface area contributed by atoms with Gasteiger partial charge in [0.2, 0.25) is 0 Å². The lowest BCUT2D eigenvalue weighted by molar-refractivity contribution is 0.483. The van der Waals surface area contributed by atoms with E-state index in [2.05, 4.69) is 6.07 Å². The highest BCUT2D eigenvalue weighted by Crippen LogP contribution is 2.23. The summed E-state index contributed by atoms with van der Waals surface area (Å²) in [5.41, 5.74) is 6.85. The highest BCUT2D eigenvalue weighted by atomic mass is 16.5. The van der Waals surface area contributed by atoms with Gasteiger partial charge in [0.25, 0.3) is 0 Å². The molecule has 0 saturated heterocycles. The van der Waals surface area contributed by atoms with E-state index in [1.165, 1.54) is 0 Å². The molecule has 78 valence electrons. The van der Waals surface area contributed by atoms with E-state index in [1.54, 1.807) is 36.4 Å². The first kappa shape index (κ1) is 10.1. The summed E-state index contributed by atoms with van der Waals surface area (Å²) in [6.45, 7) is 0. The zero-order valence-electron chi connectivity index (χ0n) is 8.55. The van der Waals surface area contributed by atoms with Crippen molar-refractivity contribution in [3.63, 3.8) is 0 Å². The van der Waals surface area contributed by atoms with Crippen molar-refractivity contribution in [2.24, 2.45) is 0 Å². The van der Waals surface area contributed by atoms with Crippen LogP contribution in [0.3, 0.4) is 0 Å². The molecule has 2 rings (SSSR count). The Bertz CT molecular complexity index is 544. The summed E-state index contributed by atoms with van der Waals surface area (Å²) in [5, 5.41) is 8.75. The molecule has 3 heteroatoms. The van der Waals surface area contributed by atoms with Crippen LogP contribution in [0.2, 0.25) is 0 Å². The molecule has 0 unspecified atom stereocenters. The topological polar surface area (TPSA) is 59.0 Å². The molecule has 0 bridgehead atoms. The second-order valence-corrected chi connectivity index (χ2v) is 3.31. The summed E-state index contributed by atoms with van der Waals surface area (Å²) in [7, 11) is 0. The summed E-state index contributed by atoms with van der Waals surface area (Å²) in [4.78, 5) is 0. The molecule has 0 spiro atoms. The van der Waals surface area contributed by atoms with Gasteiger partial charge in [-0.25, -0.2) is 0 Å². The minimum absolute atomic E-state index is 0.571. The van der Waals surface area contributed by atoms with Gasteiger partial charge in [-0.3, -0.25) is 0 Å². The smallest absolute Gasteiger partial charge is 0.129 e. The van der Waals surface area contributed by atoms with Crippen molar-refractivity contribution in [2.45, 2.75) is 0 Å². The molecule has 0 aromatic heterocycles. The van der Waals surface area contributed by atoms with Crippen molar-refractivity contribution in [3.05, 3.63) is 54.1 Å². The molecular weight excluding hydrogens is 200 g/mol. The van der Waals surface area contributed by atoms with Crippen molar-refractivity contribution < 1.29 is 4.74 Å². The van der Waals surface area contributed by atoms with Gasteiger partial charge in [0.1, 0.15) is 11.5 Å². The van der Waals surface area contributed by atoms with E-state index in [-0.39, 0.29) is 0 Å². The number of rotatable bonds is 2. The van der Waals surface area contributed by atoms with E-state index >= 15 is 0 Å². The lowest BCUT2D eigenvalue weighted by Gasteiger charge is -2.06. The summed E-state index contributed by atoms with van der Waals surface area (Å²) >= 11 is 0. The highest BCUT2D eigenvalue weighted by molar-refractivity contribution is 5.46. The molecule has 0 heterocycles. The quantitative estimate of drug-likeness (QED) is 0.775. The van der Waals surface area contributed by atoms with Crippen LogP contribution < -0.4 is 10.5 Å².